The van der Waals surface area contributed by atoms with Gasteiger partial charge < -0.3 is 14.4 Å². The molecule has 0 aromatic heterocycles. The SMILES string of the molecule is c1ccc(SCCN2CCC(OC3CCOCC3)CC2)cc1. The molecule has 0 spiro atoms. The van der Waals surface area contributed by atoms with Crippen LogP contribution < -0.4 is 0 Å². The minimum Gasteiger partial charge on any atom is -0.381 e. The molecule has 0 radical (unpaired) electrons. The molecule has 1 aromatic rings. The van der Waals surface area contributed by atoms with Crippen LogP contribution in [0.1, 0.15) is 25.7 Å². The summed E-state index contributed by atoms with van der Waals surface area (Å²) in [4.78, 5) is 3.96. The van der Waals surface area contributed by atoms with E-state index in [4.69, 9.17) is 9.47 Å². The van der Waals surface area contributed by atoms with Crippen LogP contribution in [0.2, 0.25) is 0 Å². The van der Waals surface area contributed by atoms with Crippen molar-refractivity contribution in [1.29, 1.82) is 0 Å². The van der Waals surface area contributed by atoms with Gasteiger partial charge in [0.15, 0.2) is 0 Å². The van der Waals surface area contributed by atoms with Crippen LogP contribution in [-0.4, -0.2) is 55.7 Å². The largest absolute Gasteiger partial charge is 0.381 e. The molecule has 3 rings (SSSR count). The van der Waals surface area contributed by atoms with Gasteiger partial charge in [-0.05, 0) is 37.8 Å². The van der Waals surface area contributed by atoms with Gasteiger partial charge in [-0.15, -0.1) is 11.8 Å². The molecule has 2 saturated heterocycles. The van der Waals surface area contributed by atoms with Crippen LogP contribution in [0.15, 0.2) is 35.2 Å². The molecule has 0 N–H and O–H groups in total. The van der Waals surface area contributed by atoms with E-state index in [9.17, 15) is 0 Å². The molecular formula is C18H27NO2S. The van der Waals surface area contributed by atoms with Crippen molar-refractivity contribution in [3.8, 4) is 0 Å². The molecule has 2 aliphatic rings. The molecule has 3 nitrogen and oxygen atoms in total. The number of benzene rings is 1. The van der Waals surface area contributed by atoms with Gasteiger partial charge in [0.1, 0.15) is 0 Å². The topological polar surface area (TPSA) is 21.7 Å². The Bertz CT molecular complexity index is 414. The minimum absolute atomic E-state index is 0.443. The molecule has 2 fully saturated rings. The van der Waals surface area contributed by atoms with Gasteiger partial charge in [-0.3, -0.25) is 0 Å². The number of thioether (sulfide) groups is 1. The Morgan fingerprint density at radius 3 is 2.41 bits per heavy atom. The fourth-order valence-electron chi connectivity index (χ4n) is 3.16. The summed E-state index contributed by atoms with van der Waals surface area (Å²) in [5.41, 5.74) is 0. The zero-order chi connectivity index (χ0) is 15.0. The van der Waals surface area contributed by atoms with Crippen LogP contribution in [0.25, 0.3) is 0 Å². The first kappa shape index (κ1) is 16.3. The molecule has 0 aliphatic carbocycles. The first-order valence-electron chi connectivity index (χ1n) is 8.53. The average molecular weight is 321 g/mol. The maximum atomic E-state index is 6.24. The van der Waals surface area contributed by atoms with E-state index in [0.717, 1.165) is 26.1 Å². The smallest absolute Gasteiger partial charge is 0.0622 e. The summed E-state index contributed by atoms with van der Waals surface area (Å²) in [5.74, 6) is 1.18. The molecular weight excluding hydrogens is 294 g/mol. The summed E-state index contributed by atoms with van der Waals surface area (Å²) in [7, 11) is 0. The molecule has 0 atom stereocenters. The third-order valence-corrected chi connectivity index (χ3v) is 5.50. The van der Waals surface area contributed by atoms with Gasteiger partial charge in [-0.1, -0.05) is 18.2 Å². The van der Waals surface area contributed by atoms with Crippen LogP contribution >= 0.6 is 11.8 Å². The molecule has 22 heavy (non-hydrogen) atoms. The number of nitrogens with zero attached hydrogens (tertiary/aromatic N) is 1. The van der Waals surface area contributed by atoms with Crippen molar-refractivity contribution in [2.75, 3.05) is 38.6 Å². The van der Waals surface area contributed by atoms with E-state index in [0.29, 0.717) is 12.2 Å². The van der Waals surface area contributed by atoms with Crippen molar-refractivity contribution in [3.63, 3.8) is 0 Å². The summed E-state index contributed by atoms with van der Waals surface area (Å²) < 4.78 is 11.6. The fraction of sp³-hybridized carbons (Fsp3) is 0.667. The monoisotopic (exact) mass is 321 g/mol. The number of likely N-dealkylation sites (tertiary alicyclic amines) is 1. The molecule has 0 amide bonds. The van der Waals surface area contributed by atoms with E-state index in [1.165, 1.54) is 43.1 Å². The Morgan fingerprint density at radius 2 is 1.68 bits per heavy atom. The van der Waals surface area contributed by atoms with E-state index in [-0.39, 0.29) is 0 Å². The number of piperidine rings is 1. The Hall–Kier alpha value is -0.550. The molecule has 122 valence electrons. The highest BCUT2D eigenvalue weighted by molar-refractivity contribution is 7.99. The molecule has 1 aromatic carbocycles. The van der Waals surface area contributed by atoms with Crippen molar-refractivity contribution < 1.29 is 9.47 Å². The highest BCUT2D eigenvalue weighted by atomic mass is 32.2. The molecule has 0 unspecified atom stereocenters. The van der Waals surface area contributed by atoms with E-state index in [1.54, 1.807) is 0 Å². The summed E-state index contributed by atoms with van der Waals surface area (Å²) in [6.07, 6.45) is 5.45. The fourth-order valence-corrected chi connectivity index (χ4v) is 4.10. The lowest BCUT2D eigenvalue weighted by Crippen LogP contribution is -2.40. The van der Waals surface area contributed by atoms with Crippen LogP contribution in [-0.2, 0) is 9.47 Å². The lowest BCUT2D eigenvalue weighted by molar-refractivity contribution is -0.0842. The normalized spacial score (nSPS) is 22.0. The van der Waals surface area contributed by atoms with Gasteiger partial charge >= 0.3 is 0 Å². The number of hydrogen-bond donors (Lipinski definition) is 0. The van der Waals surface area contributed by atoms with Gasteiger partial charge in [-0.2, -0.15) is 0 Å². The van der Waals surface area contributed by atoms with Gasteiger partial charge in [0.25, 0.3) is 0 Å². The number of ether oxygens (including phenoxy) is 2. The van der Waals surface area contributed by atoms with E-state index >= 15 is 0 Å². The quantitative estimate of drug-likeness (QED) is 0.748. The summed E-state index contributed by atoms with van der Waals surface area (Å²) in [5, 5.41) is 0. The number of hydrogen-bond acceptors (Lipinski definition) is 4. The van der Waals surface area contributed by atoms with E-state index in [2.05, 4.69) is 35.2 Å². The third kappa shape index (κ3) is 5.27. The lowest BCUT2D eigenvalue weighted by atomic mass is 10.1. The van der Waals surface area contributed by atoms with Gasteiger partial charge in [0.05, 0.1) is 12.2 Å². The van der Waals surface area contributed by atoms with Crippen molar-refractivity contribution in [3.05, 3.63) is 30.3 Å². The first-order chi connectivity index (χ1) is 10.9. The summed E-state index contributed by atoms with van der Waals surface area (Å²) in [6.45, 7) is 5.30. The Kier molecular flexibility index (Phi) is 6.61. The maximum absolute atomic E-state index is 6.24. The second kappa shape index (κ2) is 8.92. The van der Waals surface area contributed by atoms with E-state index < -0.39 is 0 Å². The van der Waals surface area contributed by atoms with Crippen molar-refractivity contribution >= 4 is 11.8 Å². The maximum Gasteiger partial charge on any atom is 0.0622 e. The molecule has 2 heterocycles. The second-order valence-corrected chi connectivity index (χ2v) is 7.32. The summed E-state index contributed by atoms with van der Waals surface area (Å²) in [6, 6.07) is 10.7. The third-order valence-electron chi connectivity index (χ3n) is 4.51. The minimum atomic E-state index is 0.443. The van der Waals surface area contributed by atoms with Crippen molar-refractivity contribution in [2.24, 2.45) is 0 Å². The zero-order valence-corrected chi connectivity index (χ0v) is 14.1. The predicted molar refractivity (Wildman–Crippen MR) is 91.6 cm³/mol. The summed E-state index contributed by atoms with van der Waals surface area (Å²) >= 11 is 1.96. The highest BCUT2D eigenvalue weighted by Crippen LogP contribution is 2.21. The lowest BCUT2D eigenvalue weighted by Gasteiger charge is -2.34. The Morgan fingerprint density at radius 1 is 1.00 bits per heavy atom. The van der Waals surface area contributed by atoms with E-state index in [1.807, 2.05) is 11.8 Å². The highest BCUT2D eigenvalue weighted by Gasteiger charge is 2.23. The average Bonchev–Trinajstić information content (AvgIpc) is 2.58. The van der Waals surface area contributed by atoms with Crippen LogP contribution in [0.3, 0.4) is 0 Å². The van der Waals surface area contributed by atoms with Gasteiger partial charge in [-0.25, -0.2) is 0 Å². The van der Waals surface area contributed by atoms with Gasteiger partial charge in [0.2, 0.25) is 0 Å². The molecule has 0 saturated carbocycles. The molecule has 4 heteroatoms. The van der Waals surface area contributed by atoms with Gasteiger partial charge in [0, 0.05) is 43.5 Å². The molecule has 0 bridgehead atoms. The Labute approximate surface area is 138 Å². The first-order valence-corrected chi connectivity index (χ1v) is 9.52. The van der Waals surface area contributed by atoms with Crippen molar-refractivity contribution in [2.45, 2.75) is 42.8 Å². The van der Waals surface area contributed by atoms with Crippen LogP contribution in [0, 0.1) is 0 Å². The van der Waals surface area contributed by atoms with Crippen LogP contribution in [0.4, 0.5) is 0 Å². The standard InChI is InChI=1S/C18H27NO2S/c1-2-4-18(5-3-1)22-15-12-19-10-6-16(7-11-19)21-17-8-13-20-14-9-17/h1-5,16-17H,6-15H2. The zero-order valence-electron chi connectivity index (χ0n) is 13.3. The second-order valence-electron chi connectivity index (χ2n) is 6.15. The molecule has 2 aliphatic heterocycles. The van der Waals surface area contributed by atoms with Crippen molar-refractivity contribution in [1.82, 2.24) is 4.90 Å². The van der Waals surface area contributed by atoms with Crippen LogP contribution in [0.5, 0.6) is 0 Å². The Balaban J connectivity index is 1.30. The number of rotatable bonds is 6. The predicted octanol–water partition coefficient (Wildman–Crippen LogP) is 3.44.